The molecule has 1 saturated heterocycles. The van der Waals surface area contributed by atoms with Gasteiger partial charge in [-0.05, 0) is 48.2 Å². The van der Waals surface area contributed by atoms with Crippen LogP contribution in [0.1, 0.15) is 34.4 Å². The van der Waals surface area contributed by atoms with E-state index < -0.39 is 11.9 Å². The summed E-state index contributed by atoms with van der Waals surface area (Å²) in [5.41, 5.74) is 10.9. The van der Waals surface area contributed by atoms with Crippen molar-refractivity contribution in [2.45, 2.75) is 39.5 Å². The first-order chi connectivity index (χ1) is 13.6. The van der Waals surface area contributed by atoms with Gasteiger partial charge in [0.25, 0.3) is 0 Å². The largest absolute Gasteiger partial charge is 0.433 e. The van der Waals surface area contributed by atoms with Gasteiger partial charge < -0.3 is 15.5 Å². The van der Waals surface area contributed by atoms with Crippen molar-refractivity contribution in [3.8, 4) is 0 Å². The van der Waals surface area contributed by atoms with E-state index >= 15 is 0 Å². The number of amides is 1. The summed E-state index contributed by atoms with van der Waals surface area (Å²) >= 11 is 0. The van der Waals surface area contributed by atoms with Crippen molar-refractivity contribution in [1.82, 2.24) is 9.88 Å². The molecule has 1 amide bonds. The SMILES string of the molecule is Cc1cc(C)c2c(c1N)CN(C(=O)CC1CN(c3ccnc(C(F)(F)F)c3)C1)C2. The second kappa shape index (κ2) is 6.93. The van der Waals surface area contributed by atoms with Crippen LogP contribution in [0, 0.1) is 19.8 Å². The van der Waals surface area contributed by atoms with Crippen molar-refractivity contribution >= 4 is 17.3 Å². The first kappa shape index (κ1) is 19.5. The summed E-state index contributed by atoms with van der Waals surface area (Å²) in [5, 5.41) is 0. The van der Waals surface area contributed by atoms with Gasteiger partial charge in [0.2, 0.25) is 5.91 Å². The fraction of sp³-hybridized carbons (Fsp3) is 0.429. The van der Waals surface area contributed by atoms with Crippen LogP contribution < -0.4 is 10.6 Å². The molecule has 0 unspecified atom stereocenters. The smallest absolute Gasteiger partial charge is 0.398 e. The quantitative estimate of drug-likeness (QED) is 0.793. The number of aryl methyl sites for hydroxylation is 2. The second-order valence-electron chi connectivity index (χ2n) is 8.00. The molecule has 3 heterocycles. The van der Waals surface area contributed by atoms with Crippen molar-refractivity contribution in [3.63, 3.8) is 0 Å². The minimum absolute atomic E-state index is 0.0630. The van der Waals surface area contributed by atoms with E-state index in [1.165, 1.54) is 6.20 Å². The molecule has 1 aromatic heterocycles. The molecule has 0 bridgehead atoms. The van der Waals surface area contributed by atoms with Crippen molar-refractivity contribution in [1.29, 1.82) is 0 Å². The van der Waals surface area contributed by atoms with E-state index in [1.807, 2.05) is 23.6 Å². The number of rotatable bonds is 3. The first-order valence-corrected chi connectivity index (χ1v) is 9.57. The number of hydrogen-bond acceptors (Lipinski definition) is 4. The lowest BCUT2D eigenvalue weighted by atomic mass is 9.95. The number of carbonyl (C=O) groups is 1. The molecule has 0 saturated carbocycles. The normalized spacial score (nSPS) is 16.7. The molecule has 1 aromatic carbocycles. The van der Waals surface area contributed by atoms with E-state index in [2.05, 4.69) is 11.1 Å². The highest BCUT2D eigenvalue weighted by atomic mass is 19.4. The van der Waals surface area contributed by atoms with Gasteiger partial charge in [-0.3, -0.25) is 9.78 Å². The molecule has 2 aromatic rings. The van der Waals surface area contributed by atoms with E-state index in [4.69, 9.17) is 5.73 Å². The van der Waals surface area contributed by atoms with Crippen molar-refractivity contribution in [2.24, 2.45) is 5.92 Å². The molecule has 0 radical (unpaired) electrons. The number of halogens is 3. The number of fused-ring (bicyclic) bond motifs is 1. The topological polar surface area (TPSA) is 62.5 Å². The molecule has 0 aliphatic carbocycles. The Morgan fingerprint density at radius 1 is 1.17 bits per heavy atom. The number of alkyl halides is 3. The fourth-order valence-electron chi connectivity index (χ4n) is 4.20. The third-order valence-corrected chi connectivity index (χ3v) is 5.89. The van der Waals surface area contributed by atoms with Crippen molar-refractivity contribution in [2.75, 3.05) is 23.7 Å². The van der Waals surface area contributed by atoms with Crippen LogP contribution in [-0.2, 0) is 24.1 Å². The summed E-state index contributed by atoms with van der Waals surface area (Å²) in [6.45, 7) is 6.23. The van der Waals surface area contributed by atoms with Gasteiger partial charge in [0.1, 0.15) is 5.69 Å². The number of nitrogen functional groups attached to an aromatic ring is 1. The minimum Gasteiger partial charge on any atom is -0.398 e. The van der Waals surface area contributed by atoms with Gasteiger partial charge in [-0.25, -0.2) is 0 Å². The average molecular weight is 404 g/mol. The van der Waals surface area contributed by atoms with E-state index in [0.29, 0.717) is 38.3 Å². The van der Waals surface area contributed by atoms with Gasteiger partial charge in [-0.1, -0.05) is 6.07 Å². The minimum atomic E-state index is -4.46. The zero-order valence-electron chi connectivity index (χ0n) is 16.4. The average Bonchev–Trinajstić information content (AvgIpc) is 3.08. The number of aromatic nitrogens is 1. The Bertz CT molecular complexity index is 967. The van der Waals surface area contributed by atoms with E-state index in [0.717, 1.165) is 34.0 Å². The number of nitrogens with two attached hydrogens (primary N) is 1. The Labute approximate surface area is 167 Å². The number of carbonyl (C=O) groups excluding carboxylic acids is 1. The Balaban J connectivity index is 1.35. The first-order valence-electron chi connectivity index (χ1n) is 9.57. The van der Waals surface area contributed by atoms with Gasteiger partial charge in [0.05, 0.1) is 0 Å². The lowest BCUT2D eigenvalue weighted by molar-refractivity contribution is -0.141. The predicted molar refractivity (Wildman–Crippen MR) is 104 cm³/mol. The highest BCUT2D eigenvalue weighted by Crippen LogP contribution is 2.35. The Morgan fingerprint density at radius 2 is 1.86 bits per heavy atom. The summed E-state index contributed by atoms with van der Waals surface area (Å²) in [7, 11) is 0. The summed E-state index contributed by atoms with van der Waals surface area (Å²) in [4.78, 5) is 19.8. The molecule has 4 rings (SSSR count). The zero-order chi connectivity index (χ0) is 20.9. The van der Waals surface area contributed by atoms with Crippen LogP contribution in [0.4, 0.5) is 24.5 Å². The van der Waals surface area contributed by atoms with Crippen LogP contribution in [0.5, 0.6) is 0 Å². The zero-order valence-corrected chi connectivity index (χ0v) is 16.4. The van der Waals surface area contributed by atoms with Gasteiger partial charge in [0.15, 0.2) is 0 Å². The van der Waals surface area contributed by atoms with Gasteiger partial charge in [-0.15, -0.1) is 0 Å². The van der Waals surface area contributed by atoms with Crippen LogP contribution in [0.3, 0.4) is 0 Å². The highest BCUT2D eigenvalue weighted by molar-refractivity contribution is 5.79. The molecule has 0 spiro atoms. The lowest BCUT2D eigenvalue weighted by Crippen LogP contribution is -2.48. The molecule has 154 valence electrons. The van der Waals surface area contributed by atoms with Crippen LogP contribution in [-0.4, -0.2) is 28.9 Å². The van der Waals surface area contributed by atoms with Crippen molar-refractivity contribution < 1.29 is 18.0 Å². The fourth-order valence-corrected chi connectivity index (χ4v) is 4.20. The molecule has 8 heteroatoms. The Kier molecular flexibility index (Phi) is 4.67. The molecule has 1 fully saturated rings. The lowest BCUT2D eigenvalue weighted by Gasteiger charge is -2.41. The number of pyridine rings is 1. The molecule has 2 aliphatic rings. The molecule has 2 N–H and O–H groups in total. The third kappa shape index (κ3) is 3.63. The number of hydrogen-bond donors (Lipinski definition) is 1. The predicted octanol–water partition coefficient (Wildman–Crippen LogP) is 3.67. The van der Waals surface area contributed by atoms with Crippen molar-refractivity contribution in [3.05, 3.63) is 52.3 Å². The maximum absolute atomic E-state index is 12.8. The number of anilines is 2. The summed E-state index contributed by atoms with van der Waals surface area (Å²) in [6, 6.07) is 4.68. The van der Waals surface area contributed by atoms with E-state index in [9.17, 15) is 18.0 Å². The van der Waals surface area contributed by atoms with Crippen LogP contribution in [0.25, 0.3) is 0 Å². The Hall–Kier alpha value is -2.77. The van der Waals surface area contributed by atoms with Crippen LogP contribution in [0.2, 0.25) is 0 Å². The summed E-state index contributed by atoms with van der Waals surface area (Å²) in [6.07, 6.45) is -2.90. The molecular formula is C21H23F3N4O. The van der Waals surface area contributed by atoms with Crippen LogP contribution in [0.15, 0.2) is 24.4 Å². The van der Waals surface area contributed by atoms with Crippen LogP contribution >= 0.6 is 0 Å². The Morgan fingerprint density at radius 3 is 2.55 bits per heavy atom. The number of benzene rings is 1. The summed E-state index contributed by atoms with van der Waals surface area (Å²) < 4.78 is 38.5. The molecule has 5 nitrogen and oxygen atoms in total. The molecule has 0 atom stereocenters. The van der Waals surface area contributed by atoms with E-state index in [1.54, 1.807) is 6.07 Å². The number of nitrogens with zero attached hydrogens (tertiary/aromatic N) is 3. The van der Waals surface area contributed by atoms with Gasteiger partial charge >= 0.3 is 6.18 Å². The highest BCUT2D eigenvalue weighted by Gasteiger charge is 2.36. The maximum atomic E-state index is 12.8. The van der Waals surface area contributed by atoms with Gasteiger partial charge in [0, 0.05) is 56.1 Å². The summed E-state index contributed by atoms with van der Waals surface area (Å²) in [5.74, 6) is 0.196. The third-order valence-electron chi connectivity index (χ3n) is 5.89. The monoisotopic (exact) mass is 404 g/mol. The van der Waals surface area contributed by atoms with E-state index in [-0.39, 0.29) is 11.8 Å². The maximum Gasteiger partial charge on any atom is 0.433 e. The molecule has 29 heavy (non-hydrogen) atoms. The standard InChI is InChI=1S/C21H23F3N4O/c1-12-5-13(2)20(25)17-11-28(10-16(12)17)19(29)6-14-8-27(9-14)15-3-4-26-18(7-15)21(22,23)24/h3-5,7,14H,6,8-11,25H2,1-2H3. The van der Waals surface area contributed by atoms with Gasteiger partial charge in [-0.2, -0.15) is 13.2 Å². The molecule has 2 aliphatic heterocycles. The second-order valence-corrected chi connectivity index (χ2v) is 8.00. The molecular weight excluding hydrogens is 381 g/mol.